The maximum absolute atomic E-state index is 13.9. The summed E-state index contributed by atoms with van der Waals surface area (Å²) in [5, 5.41) is 5.52. The second kappa shape index (κ2) is 7.86. The van der Waals surface area contributed by atoms with Crippen LogP contribution < -0.4 is 15.5 Å². The van der Waals surface area contributed by atoms with E-state index in [1.54, 1.807) is 47.4 Å². The van der Waals surface area contributed by atoms with Gasteiger partial charge < -0.3 is 20.4 Å². The van der Waals surface area contributed by atoms with Crippen molar-refractivity contribution >= 4 is 29.0 Å². The molecule has 2 aromatic rings. The van der Waals surface area contributed by atoms with Gasteiger partial charge in [-0.25, -0.2) is 9.18 Å². The Kier molecular flexibility index (Phi) is 5.36. The van der Waals surface area contributed by atoms with Crippen LogP contribution in [0.1, 0.15) is 6.92 Å². The fraction of sp³-hybridized carbons (Fsp3) is 0.263. The Balaban J connectivity index is 1.57. The average molecular weight is 356 g/mol. The summed E-state index contributed by atoms with van der Waals surface area (Å²) < 4.78 is 13.9. The van der Waals surface area contributed by atoms with Gasteiger partial charge in [-0.15, -0.1) is 0 Å². The summed E-state index contributed by atoms with van der Waals surface area (Å²) in [7, 11) is 0. The van der Waals surface area contributed by atoms with Crippen LogP contribution in [0.2, 0.25) is 0 Å². The zero-order valence-corrected chi connectivity index (χ0v) is 14.5. The summed E-state index contributed by atoms with van der Waals surface area (Å²) in [4.78, 5) is 27.2. The molecule has 1 aliphatic heterocycles. The lowest BCUT2D eigenvalue weighted by atomic mass is 10.2. The topological polar surface area (TPSA) is 64.7 Å². The number of amides is 3. The van der Waals surface area contributed by atoms with E-state index in [0.29, 0.717) is 43.2 Å². The minimum absolute atomic E-state index is 0.169. The van der Waals surface area contributed by atoms with E-state index in [1.165, 1.54) is 13.0 Å². The number of carbonyl (C=O) groups is 2. The van der Waals surface area contributed by atoms with Crippen LogP contribution in [0.5, 0.6) is 0 Å². The molecule has 0 spiro atoms. The second-order valence-corrected chi connectivity index (χ2v) is 6.12. The lowest BCUT2D eigenvalue weighted by Crippen LogP contribution is -2.50. The zero-order valence-electron chi connectivity index (χ0n) is 14.5. The molecule has 0 radical (unpaired) electrons. The van der Waals surface area contributed by atoms with E-state index in [9.17, 15) is 14.0 Å². The van der Waals surface area contributed by atoms with Crippen LogP contribution >= 0.6 is 0 Å². The number of piperazine rings is 1. The average Bonchev–Trinajstić information content (AvgIpc) is 2.62. The molecule has 26 heavy (non-hydrogen) atoms. The first kappa shape index (κ1) is 17.7. The van der Waals surface area contributed by atoms with Crippen molar-refractivity contribution in [2.75, 3.05) is 41.7 Å². The Morgan fingerprint density at radius 2 is 1.58 bits per heavy atom. The summed E-state index contributed by atoms with van der Waals surface area (Å²) >= 11 is 0. The van der Waals surface area contributed by atoms with Crippen LogP contribution in [0, 0.1) is 5.82 Å². The molecule has 3 rings (SSSR count). The second-order valence-electron chi connectivity index (χ2n) is 6.12. The number of rotatable bonds is 3. The summed E-state index contributed by atoms with van der Waals surface area (Å²) in [6, 6.07) is 13.4. The van der Waals surface area contributed by atoms with Gasteiger partial charge in [0.15, 0.2) is 0 Å². The molecule has 0 unspecified atom stereocenters. The molecule has 136 valence electrons. The van der Waals surface area contributed by atoms with E-state index >= 15 is 0 Å². The van der Waals surface area contributed by atoms with Crippen molar-refractivity contribution in [3.63, 3.8) is 0 Å². The first-order valence-electron chi connectivity index (χ1n) is 8.46. The molecule has 1 aliphatic rings. The Morgan fingerprint density at radius 1 is 0.923 bits per heavy atom. The molecule has 3 amide bonds. The zero-order chi connectivity index (χ0) is 18.5. The molecule has 0 saturated carbocycles. The van der Waals surface area contributed by atoms with Gasteiger partial charge in [0.2, 0.25) is 5.91 Å². The Hall–Kier alpha value is -3.09. The number of para-hydroxylation sites is 1. The van der Waals surface area contributed by atoms with E-state index in [-0.39, 0.29) is 17.8 Å². The third kappa shape index (κ3) is 4.30. The van der Waals surface area contributed by atoms with Gasteiger partial charge in [0.25, 0.3) is 0 Å². The first-order valence-corrected chi connectivity index (χ1v) is 8.46. The minimum Gasteiger partial charge on any atom is -0.366 e. The number of urea groups is 1. The molecular weight excluding hydrogens is 335 g/mol. The summed E-state index contributed by atoms with van der Waals surface area (Å²) in [6.45, 7) is 3.58. The predicted molar refractivity (Wildman–Crippen MR) is 100.0 cm³/mol. The molecule has 2 aromatic carbocycles. The highest BCUT2D eigenvalue weighted by Gasteiger charge is 2.22. The molecule has 0 aliphatic carbocycles. The van der Waals surface area contributed by atoms with Crippen LogP contribution in [0.4, 0.5) is 26.2 Å². The molecule has 1 fully saturated rings. The van der Waals surface area contributed by atoms with Gasteiger partial charge in [-0.3, -0.25) is 4.79 Å². The molecule has 1 heterocycles. The van der Waals surface area contributed by atoms with E-state index in [4.69, 9.17) is 0 Å². The number of hydrogen-bond donors (Lipinski definition) is 2. The molecule has 2 N–H and O–H groups in total. The van der Waals surface area contributed by atoms with E-state index in [2.05, 4.69) is 10.6 Å². The lowest BCUT2D eigenvalue weighted by molar-refractivity contribution is -0.114. The number of benzene rings is 2. The van der Waals surface area contributed by atoms with Gasteiger partial charge in [-0.2, -0.15) is 0 Å². The molecular formula is C19H21FN4O2. The van der Waals surface area contributed by atoms with Gasteiger partial charge in [0.1, 0.15) is 5.82 Å². The predicted octanol–water partition coefficient (Wildman–Crippen LogP) is 3.14. The number of nitrogens with one attached hydrogen (secondary N) is 2. The standard InChI is InChI=1S/C19H21FN4O2/c1-14(25)21-15-5-4-6-16(13-15)22-19(26)24-11-9-23(10-12-24)18-8-3-2-7-17(18)20/h2-8,13H,9-12H2,1H3,(H,21,25)(H,22,26). The van der Waals surface area contributed by atoms with Crippen molar-refractivity contribution in [2.45, 2.75) is 6.92 Å². The smallest absolute Gasteiger partial charge is 0.321 e. The maximum atomic E-state index is 13.9. The highest BCUT2D eigenvalue weighted by atomic mass is 19.1. The molecule has 0 bridgehead atoms. The van der Waals surface area contributed by atoms with Gasteiger partial charge in [0, 0.05) is 44.5 Å². The summed E-state index contributed by atoms with van der Waals surface area (Å²) in [6.07, 6.45) is 0. The number of anilines is 3. The monoisotopic (exact) mass is 356 g/mol. The number of carbonyl (C=O) groups excluding carboxylic acids is 2. The van der Waals surface area contributed by atoms with Crippen molar-refractivity contribution in [3.8, 4) is 0 Å². The third-order valence-corrected chi connectivity index (χ3v) is 4.19. The van der Waals surface area contributed by atoms with Gasteiger partial charge in [-0.05, 0) is 30.3 Å². The number of nitrogens with zero attached hydrogens (tertiary/aromatic N) is 2. The molecule has 6 nitrogen and oxygen atoms in total. The Morgan fingerprint density at radius 3 is 2.23 bits per heavy atom. The highest BCUT2D eigenvalue weighted by molar-refractivity contribution is 5.92. The fourth-order valence-corrected chi connectivity index (χ4v) is 2.94. The number of halogens is 1. The van der Waals surface area contributed by atoms with Crippen molar-refractivity contribution in [2.24, 2.45) is 0 Å². The third-order valence-electron chi connectivity index (χ3n) is 4.19. The van der Waals surface area contributed by atoms with Crippen LogP contribution in [0.15, 0.2) is 48.5 Å². The van der Waals surface area contributed by atoms with Crippen molar-refractivity contribution in [1.82, 2.24) is 4.90 Å². The summed E-state index contributed by atoms with van der Waals surface area (Å²) in [5.41, 5.74) is 1.80. The van der Waals surface area contributed by atoms with Gasteiger partial charge in [-0.1, -0.05) is 18.2 Å². The van der Waals surface area contributed by atoms with Crippen LogP contribution in [0.25, 0.3) is 0 Å². The first-order chi connectivity index (χ1) is 12.5. The molecule has 1 saturated heterocycles. The molecule has 0 atom stereocenters. The molecule has 0 aromatic heterocycles. The SMILES string of the molecule is CC(=O)Nc1cccc(NC(=O)N2CCN(c3ccccc3F)CC2)c1. The van der Waals surface area contributed by atoms with E-state index < -0.39 is 0 Å². The van der Waals surface area contributed by atoms with Crippen LogP contribution in [0.3, 0.4) is 0 Å². The van der Waals surface area contributed by atoms with Crippen molar-refractivity contribution < 1.29 is 14.0 Å². The van der Waals surface area contributed by atoms with Gasteiger partial charge >= 0.3 is 6.03 Å². The largest absolute Gasteiger partial charge is 0.366 e. The van der Waals surface area contributed by atoms with E-state index in [1.807, 2.05) is 4.90 Å². The molecule has 7 heteroatoms. The minimum atomic E-state index is -0.250. The summed E-state index contributed by atoms with van der Waals surface area (Å²) in [5.74, 6) is -0.419. The Labute approximate surface area is 151 Å². The van der Waals surface area contributed by atoms with Gasteiger partial charge in [0.05, 0.1) is 5.69 Å². The maximum Gasteiger partial charge on any atom is 0.321 e. The fourth-order valence-electron chi connectivity index (χ4n) is 2.94. The quantitative estimate of drug-likeness (QED) is 0.888. The van der Waals surface area contributed by atoms with Crippen LogP contribution in [-0.2, 0) is 4.79 Å². The normalized spacial score (nSPS) is 14.1. The van der Waals surface area contributed by atoms with Crippen molar-refractivity contribution in [1.29, 1.82) is 0 Å². The lowest BCUT2D eigenvalue weighted by Gasteiger charge is -2.36. The number of hydrogen-bond acceptors (Lipinski definition) is 3. The van der Waals surface area contributed by atoms with E-state index in [0.717, 1.165) is 0 Å². The highest BCUT2D eigenvalue weighted by Crippen LogP contribution is 2.21. The van der Waals surface area contributed by atoms with Crippen LogP contribution in [-0.4, -0.2) is 43.0 Å². The van der Waals surface area contributed by atoms with Crippen molar-refractivity contribution in [3.05, 3.63) is 54.3 Å². The Bertz CT molecular complexity index is 804.